The van der Waals surface area contributed by atoms with Crippen molar-refractivity contribution >= 4 is 23.5 Å². The molecule has 0 heterocycles. The smallest absolute Gasteiger partial charge is 0.338 e. The van der Waals surface area contributed by atoms with Crippen molar-refractivity contribution in [3.05, 3.63) is 58.1 Å². The van der Waals surface area contributed by atoms with Crippen molar-refractivity contribution in [2.45, 2.75) is 13.5 Å². The molecule has 0 aromatic heterocycles. The number of hydrogen-bond acceptors (Lipinski definition) is 5. The van der Waals surface area contributed by atoms with Gasteiger partial charge in [0, 0.05) is 17.1 Å². The number of amides is 1. The highest BCUT2D eigenvalue weighted by Gasteiger charge is 2.16. The molecule has 2 rings (SSSR count). The molecule has 1 amide bonds. The zero-order valence-corrected chi connectivity index (χ0v) is 15.6. The molecule has 7 heteroatoms. The third kappa shape index (κ3) is 5.13. The third-order valence-corrected chi connectivity index (χ3v) is 3.94. The highest BCUT2D eigenvalue weighted by Crippen LogP contribution is 2.29. The quantitative estimate of drug-likeness (QED) is 0.750. The number of hydrogen-bond donors (Lipinski definition) is 1. The number of nitrogens with one attached hydrogen (secondary N) is 1. The van der Waals surface area contributed by atoms with Crippen LogP contribution in [0, 0.1) is 6.92 Å². The Morgan fingerprint density at radius 1 is 1.08 bits per heavy atom. The molecule has 2 aromatic carbocycles. The molecule has 0 bridgehead atoms. The fourth-order valence-electron chi connectivity index (χ4n) is 2.32. The molecule has 0 spiro atoms. The van der Waals surface area contributed by atoms with Crippen LogP contribution < -0.4 is 14.8 Å². The molecule has 0 radical (unpaired) electrons. The van der Waals surface area contributed by atoms with Crippen molar-refractivity contribution in [1.82, 2.24) is 5.32 Å². The van der Waals surface area contributed by atoms with Crippen molar-refractivity contribution in [3.63, 3.8) is 0 Å². The summed E-state index contributed by atoms with van der Waals surface area (Å²) in [4.78, 5) is 24.1. The number of carbonyl (C=O) groups excluding carboxylic acids is 2. The van der Waals surface area contributed by atoms with Gasteiger partial charge in [0.25, 0.3) is 5.91 Å². The average molecular weight is 378 g/mol. The first-order valence-corrected chi connectivity index (χ1v) is 8.23. The molecule has 26 heavy (non-hydrogen) atoms. The molecule has 0 aliphatic rings. The normalized spacial score (nSPS) is 10.2. The lowest BCUT2D eigenvalue weighted by molar-refractivity contribution is -0.124. The molecule has 0 aliphatic heterocycles. The van der Waals surface area contributed by atoms with Crippen LogP contribution >= 0.6 is 11.6 Å². The summed E-state index contributed by atoms with van der Waals surface area (Å²) in [7, 11) is 3.00. The van der Waals surface area contributed by atoms with Crippen LogP contribution in [0.25, 0.3) is 0 Å². The third-order valence-electron chi connectivity index (χ3n) is 3.70. The maximum Gasteiger partial charge on any atom is 0.338 e. The van der Waals surface area contributed by atoms with Crippen molar-refractivity contribution in [2.75, 3.05) is 20.8 Å². The molecule has 138 valence electrons. The Morgan fingerprint density at radius 3 is 2.31 bits per heavy atom. The number of carbonyl (C=O) groups is 2. The monoisotopic (exact) mass is 377 g/mol. The highest BCUT2D eigenvalue weighted by molar-refractivity contribution is 6.30. The molecule has 6 nitrogen and oxygen atoms in total. The zero-order valence-electron chi connectivity index (χ0n) is 14.8. The van der Waals surface area contributed by atoms with Crippen LogP contribution in [0.4, 0.5) is 0 Å². The van der Waals surface area contributed by atoms with Crippen LogP contribution in [0.5, 0.6) is 11.5 Å². The second-order valence-electron chi connectivity index (χ2n) is 5.49. The molecule has 0 atom stereocenters. The van der Waals surface area contributed by atoms with Crippen LogP contribution in [0.15, 0.2) is 36.4 Å². The van der Waals surface area contributed by atoms with Gasteiger partial charge in [-0.1, -0.05) is 23.7 Å². The first-order valence-electron chi connectivity index (χ1n) is 7.85. The van der Waals surface area contributed by atoms with E-state index >= 15 is 0 Å². The van der Waals surface area contributed by atoms with Crippen LogP contribution in [0.2, 0.25) is 5.02 Å². The number of rotatable bonds is 7. The van der Waals surface area contributed by atoms with Gasteiger partial charge in [-0.2, -0.15) is 0 Å². The van der Waals surface area contributed by atoms with Gasteiger partial charge in [0.2, 0.25) is 0 Å². The van der Waals surface area contributed by atoms with Crippen molar-refractivity contribution in [2.24, 2.45) is 0 Å². The molecule has 1 N–H and O–H groups in total. The lowest BCUT2D eigenvalue weighted by Crippen LogP contribution is -2.28. The first-order chi connectivity index (χ1) is 12.4. The maximum atomic E-state index is 12.2. The number of esters is 1. The number of methoxy groups -OCH3 is 2. The van der Waals surface area contributed by atoms with E-state index in [-0.39, 0.29) is 5.56 Å². The maximum absolute atomic E-state index is 12.2. The lowest BCUT2D eigenvalue weighted by atomic mass is 10.1. The van der Waals surface area contributed by atoms with Gasteiger partial charge in [-0.3, -0.25) is 4.79 Å². The summed E-state index contributed by atoms with van der Waals surface area (Å²) in [6, 6.07) is 10.2. The Labute approximate surface area is 157 Å². The van der Waals surface area contributed by atoms with Gasteiger partial charge in [-0.05, 0) is 36.8 Å². The average Bonchev–Trinajstić information content (AvgIpc) is 2.64. The molecular formula is C19H20ClNO5. The first kappa shape index (κ1) is 19.6. The van der Waals surface area contributed by atoms with Crippen LogP contribution in [-0.4, -0.2) is 32.7 Å². The summed E-state index contributed by atoms with van der Waals surface area (Å²) in [5.41, 5.74) is 1.86. The second-order valence-corrected chi connectivity index (χ2v) is 5.92. The van der Waals surface area contributed by atoms with Crippen molar-refractivity contribution < 1.29 is 23.8 Å². The van der Waals surface area contributed by atoms with Gasteiger partial charge in [0.15, 0.2) is 6.61 Å². The van der Waals surface area contributed by atoms with Gasteiger partial charge < -0.3 is 19.5 Å². The summed E-state index contributed by atoms with van der Waals surface area (Å²) < 4.78 is 15.5. The Morgan fingerprint density at radius 2 is 1.73 bits per heavy atom. The van der Waals surface area contributed by atoms with Gasteiger partial charge in [-0.15, -0.1) is 0 Å². The largest absolute Gasteiger partial charge is 0.496 e. The predicted octanol–water partition coefficient (Wildman–Crippen LogP) is 3.14. The summed E-state index contributed by atoms with van der Waals surface area (Å²) in [5.74, 6) is -0.0488. The van der Waals surface area contributed by atoms with Crippen LogP contribution in [0.1, 0.15) is 21.5 Å². The van der Waals surface area contributed by atoms with E-state index in [2.05, 4.69) is 5.32 Å². The van der Waals surface area contributed by atoms with Gasteiger partial charge in [0.05, 0.1) is 19.8 Å². The molecule has 0 unspecified atom stereocenters. The Kier molecular flexibility index (Phi) is 6.86. The number of benzene rings is 2. The molecule has 0 aliphatic carbocycles. The zero-order chi connectivity index (χ0) is 19.1. The summed E-state index contributed by atoms with van der Waals surface area (Å²) in [6.45, 7) is 1.72. The van der Waals surface area contributed by atoms with Crippen molar-refractivity contribution in [3.8, 4) is 11.5 Å². The minimum absolute atomic E-state index is 0.243. The van der Waals surface area contributed by atoms with Crippen LogP contribution in [-0.2, 0) is 16.1 Å². The van der Waals surface area contributed by atoms with E-state index in [1.165, 1.54) is 14.2 Å². The molecule has 2 aromatic rings. The summed E-state index contributed by atoms with van der Waals surface area (Å²) in [5, 5.41) is 3.25. The number of halogens is 1. The summed E-state index contributed by atoms with van der Waals surface area (Å²) in [6.07, 6.45) is 0. The predicted molar refractivity (Wildman–Crippen MR) is 97.9 cm³/mol. The Bertz CT molecular complexity index is 781. The minimum Gasteiger partial charge on any atom is -0.496 e. The van der Waals surface area contributed by atoms with E-state index in [0.717, 1.165) is 11.1 Å². The van der Waals surface area contributed by atoms with Crippen LogP contribution in [0.3, 0.4) is 0 Å². The van der Waals surface area contributed by atoms with Gasteiger partial charge in [0.1, 0.15) is 11.5 Å². The van der Waals surface area contributed by atoms with E-state index < -0.39 is 18.5 Å². The van der Waals surface area contributed by atoms with Crippen molar-refractivity contribution in [1.29, 1.82) is 0 Å². The lowest BCUT2D eigenvalue weighted by Gasteiger charge is -2.12. The summed E-state index contributed by atoms with van der Waals surface area (Å²) >= 11 is 5.89. The standard InChI is InChI=1S/C19H20ClNO5/c1-12-16(24-2)8-14(9-17(12)25-3)19(23)26-11-18(22)21-10-13-5-4-6-15(20)7-13/h4-9H,10-11H2,1-3H3,(H,21,22). The molecular weight excluding hydrogens is 358 g/mol. The molecule has 0 saturated carbocycles. The fourth-order valence-corrected chi connectivity index (χ4v) is 2.53. The highest BCUT2D eigenvalue weighted by atomic mass is 35.5. The Hall–Kier alpha value is -2.73. The molecule has 0 fully saturated rings. The molecule has 0 saturated heterocycles. The van der Waals surface area contributed by atoms with Gasteiger partial charge >= 0.3 is 5.97 Å². The van der Waals surface area contributed by atoms with E-state index in [1.807, 2.05) is 13.0 Å². The topological polar surface area (TPSA) is 73.9 Å². The Balaban J connectivity index is 1.92. The number of ether oxygens (including phenoxy) is 3. The van der Waals surface area contributed by atoms with E-state index in [0.29, 0.717) is 23.1 Å². The van der Waals surface area contributed by atoms with E-state index in [9.17, 15) is 9.59 Å². The van der Waals surface area contributed by atoms with Gasteiger partial charge in [-0.25, -0.2) is 4.79 Å². The van der Waals surface area contributed by atoms with E-state index in [1.54, 1.807) is 30.3 Å². The second kappa shape index (κ2) is 9.10. The van der Waals surface area contributed by atoms with E-state index in [4.69, 9.17) is 25.8 Å². The SMILES string of the molecule is COc1cc(C(=O)OCC(=O)NCc2cccc(Cl)c2)cc(OC)c1C. The fraction of sp³-hybridized carbons (Fsp3) is 0.263. The minimum atomic E-state index is -0.639.